The van der Waals surface area contributed by atoms with Crippen molar-refractivity contribution < 1.29 is 0 Å². The van der Waals surface area contributed by atoms with Crippen LogP contribution in [0, 0.1) is 5.41 Å². The van der Waals surface area contributed by atoms with Crippen LogP contribution in [-0.4, -0.2) is 4.98 Å². The number of nitrogens with zero attached hydrogens (tertiary/aromatic N) is 1. The molecule has 0 radical (unpaired) electrons. The summed E-state index contributed by atoms with van der Waals surface area (Å²) in [5, 5.41) is 14.1. The van der Waals surface area contributed by atoms with Crippen molar-refractivity contribution in [2.75, 3.05) is 5.73 Å². The van der Waals surface area contributed by atoms with Gasteiger partial charge in [0.1, 0.15) is 0 Å². The average molecular weight is 309 g/mol. The van der Waals surface area contributed by atoms with Crippen molar-refractivity contribution in [2.24, 2.45) is 0 Å². The van der Waals surface area contributed by atoms with Crippen LogP contribution in [0.1, 0.15) is 11.3 Å². The van der Waals surface area contributed by atoms with E-state index in [4.69, 9.17) is 16.1 Å². The van der Waals surface area contributed by atoms with Crippen molar-refractivity contribution >= 4 is 44.2 Å². The van der Waals surface area contributed by atoms with E-state index in [1.165, 1.54) is 5.56 Å². The van der Waals surface area contributed by atoms with Crippen molar-refractivity contribution in [1.82, 2.24) is 4.98 Å². The molecule has 0 spiro atoms. The topological polar surface area (TPSA) is 62.8 Å². The van der Waals surface area contributed by atoms with Gasteiger partial charge in [-0.2, -0.15) is 0 Å². The zero-order valence-corrected chi connectivity index (χ0v) is 13.0. The maximum atomic E-state index is 8.79. The minimum atomic E-state index is 0.511. The SMILES string of the molecule is N=c1c2ccccc2c(N)c2ccc1c1c3c(nc21)C=CC=CC3. The average Bonchev–Trinajstić information content (AvgIpc) is 2.81. The first-order chi connectivity index (χ1) is 11.8. The van der Waals surface area contributed by atoms with Crippen LogP contribution in [0.4, 0.5) is 5.69 Å². The Morgan fingerprint density at radius 2 is 1.71 bits per heavy atom. The third-order valence-corrected chi connectivity index (χ3v) is 4.89. The molecule has 1 aliphatic rings. The van der Waals surface area contributed by atoms with Gasteiger partial charge in [0.05, 0.1) is 16.6 Å². The summed E-state index contributed by atoms with van der Waals surface area (Å²) < 4.78 is 0. The Hall–Kier alpha value is -3.20. The zero-order chi connectivity index (χ0) is 16.3. The Balaban J connectivity index is 2.15. The van der Waals surface area contributed by atoms with E-state index in [2.05, 4.69) is 6.08 Å². The van der Waals surface area contributed by atoms with Crippen molar-refractivity contribution in [1.29, 1.82) is 5.41 Å². The van der Waals surface area contributed by atoms with Crippen molar-refractivity contribution in [3.63, 3.8) is 0 Å². The van der Waals surface area contributed by atoms with E-state index in [1.807, 2.05) is 54.6 Å². The monoisotopic (exact) mass is 309 g/mol. The number of allylic oxidation sites excluding steroid dienone is 3. The highest BCUT2D eigenvalue weighted by atomic mass is 14.7. The second-order valence-corrected chi connectivity index (χ2v) is 6.19. The number of rotatable bonds is 0. The highest BCUT2D eigenvalue weighted by Gasteiger charge is 2.17. The molecule has 1 aliphatic carbocycles. The number of nitrogens with two attached hydrogens (primary N) is 1. The molecule has 2 bridgehead atoms. The molecule has 0 amide bonds. The number of hydrogen-bond donors (Lipinski definition) is 2. The summed E-state index contributed by atoms with van der Waals surface area (Å²) in [6.45, 7) is 0. The van der Waals surface area contributed by atoms with Crippen LogP contribution in [-0.2, 0) is 6.42 Å². The molecule has 1 aromatic heterocycles. The van der Waals surface area contributed by atoms with Gasteiger partial charge in [-0.05, 0) is 24.1 Å². The van der Waals surface area contributed by atoms with Crippen LogP contribution in [0.5, 0.6) is 0 Å². The van der Waals surface area contributed by atoms with E-state index in [9.17, 15) is 0 Å². The Morgan fingerprint density at radius 3 is 2.58 bits per heavy atom. The maximum absolute atomic E-state index is 8.79. The summed E-state index contributed by atoms with van der Waals surface area (Å²) in [5.41, 5.74) is 10.3. The van der Waals surface area contributed by atoms with Gasteiger partial charge in [0.2, 0.25) is 0 Å². The summed E-state index contributed by atoms with van der Waals surface area (Å²) in [4.78, 5) is 4.86. The maximum Gasteiger partial charge on any atom is 0.0813 e. The number of fused-ring (bicyclic) bond motifs is 2. The molecular weight excluding hydrogens is 294 g/mol. The predicted octanol–water partition coefficient (Wildman–Crippen LogP) is 4.17. The third-order valence-electron chi connectivity index (χ3n) is 4.89. The molecule has 0 saturated heterocycles. The molecular formula is C21H15N3. The fourth-order valence-electron chi connectivity index (χ4n) is 3.74. The summed E-state index contributed by atoms with van der Waals surface area (Å²) in [7, 11) is 0. The van der Waals surface area contributed by atoms with Crippen molar-refractivity contribution in [3.05, 3.63) is 71.2 Å². The van der Waals surface area contributed by atoms with Crippen LogP contribution in [0.3, 0.4) is 0 Å². The fraction of sp³-hybridized carbons (Fsp3) is 0.0476. The van der Waals surface area contributed by atoms with Crippen LogP contribution in [0.2, 0.25) is 0 Å². The molecule has 5 aromatic rings. The molecule has 6 rings (SSSR count). The Labute approximate surface area is 138 Å². The van der Waals surface area contributed by atoms with Gasteiger partial charge >= 0.3 is 0 Å². The first-order valence-corrected chi connectivity index (χ1v) is 8.02. The van der Waals surface area contributed by atoms with Crippen LogP contribution in [0.25, 0.3) is 38.5 Å². The van der Waals surface area contributed by atoms with E-state index in [0.29, 0.717) is 11.0 Å². The smallest absolute Gasteiger partial charge is 0.0813 e. The van der Waals surface area contributed by atoms with E-state index < -0.39 is 0 Å². The number of nitrogen functional groups attached to an aromatic ring is 1. The molecule has 4 aromatic carbocycles. The predicted molar refractivity (Wildman–Crippen MR) is 100 cm³/mol. The lowest BCUT2D eigenvalue weighted by molar-refractivity contribution is 1.27. The van der Waals surface area contributed by atoms with Gasteiger partial charge in [0.15, 0.2) is 0 Å². The summed E-state index contributed by atoms with van der Waals surface area (Å²) in [6.07, 6.45) is 9.06. The molecule has 3 heteroatoms. The van der Waals surface area contributed by atoms with Gasteiger partial charge in [-0.15, -0.1) is 0 Å². The molecule has 0 atom stereocenters. The lowest BCUT2D eigenvalue weighted by Gasteiger charge is -2.08. The van der Waals surface area contributed by atoms with Gasteiger partial charge in [-0.1, -0.05) is 48.6 Å². The molecule has 0 saturated carbocycles. The van der Waals surface area contributed by atoms with Crippen molar-refractivity contribution in [3.8, 4) is 0 Å². The lowest BCUT2D eigenvalue weighted by Crippen LogP contribution is -2.03. The van der Waals surface area contributed by atoms with E-state index in [1.54, 1.807) is 0 Å². The number of benzene rings is 2. The number of hydrogen-bond acceptors (Lipinski definition) is 3. The molecule has 3 nitrogen and oxygen atoms in total. The minimum Gasteiger partial charge on any atom is -0.398 e. The van der Waals surface area contributed by atoms with Gasteiger partial charge in [-0.25, -0.2) is 4.98 Å². The standard InChI is InChI=1S/C21H15N3/c22-19-12-6-4-5-7-13(12)20(23)16-11-10-15(19)18-14-8-2-1-3-9-17(14)24-21(16)18/h1-7,9-11,22H,8,23H2. The summed E-state index contributed by atoms with van der Waals surface area (Å²) in [6, 6.07) is 11.9. The van der Waals surface area contributed by atoms with Crippen molar-refractivity contribution in [2.45, 2.75) is 6.42 Å². The molecule has 24 heavy (non-hydrogen) atoms. The minimum absolute atomic E-state index is 0.511. The van der Waals surface area contributed by atoms with Crippen LogP contribution < -0.4 is 11.1 Å². The Morgan fingerprint density at radius 1 is 0.917 bits per heavy atom. The van der Waals surface area contributed by atoms with Crippen LogP contribution in [0.15, 0.2) is 54.6 Å². The van der Waals surface area contributed by atoms with Gasteiger partial charge in [0.25, 0.3) is 0 Å². The van der Waals surface area contributed by atoms with Gasteiger partial charge in [0, 0.05) is 32.6 Å². The quantitative estimate of drug-likeness (QED) is 0.512. The lowest BCUT2D eigenvalue weighted by atomic mass is 9.97. The molecule has 0 fully saturated rings. The Bertz CT molecular complexity index is 1250. The van der Waals surface area contributed by atoms with E-state index in [0.717, 1.165) is 44.6 Å². The van der Waals surface area contributed by atoms with E-state index in [-0.39, 0.29) is 0 Å². The molecule has 114 valence electrons. The summed E-state index contributed by atoms with van der Waals surface area (Å²) >= 11 is 0. The van der Waals surface area contributed by atoms with E-state index >= 15 is 0 Å². The first-order valence-electron chi connectivity index (χ1n) is 8.02. The molecule has 0 unspecified atom stereocenters. The van der Waals surface area contributed by atoms with Gasteiger partial charge in [-0.3, -0.25) is 5.41 Å². The second kappa shape index (κ2) is 4.65. The summed E-state index contributed by atoms with van der Waals surface area (Å²) in [5.74, 6) is 0. The zero-order valence-electron chi connectivity index (χ0n) is 13.0. The number of nitrogens with one attached hydrogen (secondary N) is 1. The largest absolute Gasteiger partial charge is 0.398 e. The third kappa shape index (κ3) is 1.61. The highest BCUT2D eigenvalue weighted by molar-refractivity contribution is 6.17. The second-order valence-electron chi connectivity index (χ2n) is 6.19. The molecule has 0 aliphatic heterocycles. The van der Waals surface area contributed by atoms with Crippen LogP contribution >= 0.6 is 0 Å². The van der Waals surface area contributed by atoms with Gasteiger partial charge < -0.3 is 5.73 Å². The Kier molecular flexibility index (Phi) is 2.57. The highest BCUT2D eigenvalue weighted by Crippen LogP contribution is 2.35. The molecule has 1 heterocycles. The normalized spacial score (nSPS) is 13.7. The first kappa shape index (κ1) is 13.3. The fourth-order valence-corrected chi connectivity index (χ4v) is 3.74. The number of aromatic nitrogens is 1. The number of anilines is 1. The molecule has 3 N–H and O–H groups in total.